The van der Waals surface area contributed by atoms with Gasteiger partial charge in [0, 0.05) is 37.6 Å². The Morgan fingerprint density at radius 1 is 1.39 bits per heavy atom. The molecule has 0 radical (unpaired) electrons. The zero-order chi connectivity index (χ0) is 15.9. The van der Waals surface area contributed by atoms with E-state index in [1.807, 2.05) is 18.2 Å². The number of hydrogen-bond acceptors (Lipinski definition) is 4. The van der Waals surface area contributed by atoms with Crippen molar-refractivity contribution >= 4 is 5.91 Å². The van der Waals surface area contributed by atoms with Gasteiger partial charge >= 0.3 is 0 Å². The maximum atomic E-state index is 12.0. The van der Waals surface area contributed by atoms with E-state index in [4.69, 9.17) is 4.42 Å². The first-order valence-corrected chi connectivity index (χ1v) is 8.18. The van der Waals surface area contributed by atoms with Crippen LogP contribution in [0.4, 0.5) is 0 Å². The minimum absolute atomic E-state index is 0.0740. The summed E-state index contributed by atoms with van der Waals surface area (Å²) in [6, 6.07) is 5.80. The first-order valence-electron chi connectivity index (χ1n) is 8.18. The Hall–Kier alpha value is -2.14. The van der Waals surface area contributed by atoms with E-state index in [9.17, 15) is 4.79 Å². The highest BCUT2D eigenvalue weighted by Crippen LogP contribution is 2.18. The second kappa shape index (κ2) is 7.92. The lowest BCUT2D eigenvalue weighted by Gasteiger charge is -2.32. The number of pyridine rings is 1. The average Bonchev–Trinajstić information content (AvgIpc) is 3.07. The van der Waals surface area contributed by atoms with Gasteiger partial charge in [0.2, 0.25) is 5.91 Å². The second-order valence-electron chi connectivity index (χ2n) is 6.22. The van der Waals surface area contributed by atoms with E-state index in [0.717, 1.165) is 31.7 Å². The van der Waals surface area contributed by atoms with Crippen LogP contribution in [0.1, 0.15) is 24.0 Å². The SMILES string of the molecule is O=C(Cc1cccnc1)NCC1CCCN(Cc2ccoc2)C1. The van der Waals surface area contributed by atoms with Gasteiger partial charge in [-0.1, -0.05) is 6.07 Å². The fourth-order valence-electron chi connectivity index (χ4n) is 3.11. The number of amides is 1. The van der Waals surface area contributed by atoms with Gasteiger partial charge in [0.1, 0.15) is 0 Å². The Labute approximate surface area is 136 Å². The van der Waals surface area contributed by atoms with E-state index in [-0.39, 0.29) is 5.91 Å². The Bertz CT molecular complexity index is 598. The summed E-state index contributed by atoms with van der Waals surface area (Å²) in [5.41, 5.74) is 2.17. The van der Waals surface area contributed by atoms with Crippen LogP contribution in [0, 0.1) is 5.92 Å². The number of hydrogen-bond donors (Lipinski definition) is 1. The first kappa shape index (κ1) is 15.7. The molecule has 5 heteroatoms. The average molecular weight is 313 g/mol. The maximum absolute atomic E-state index is 12.0. The number of rotatable bonds is 6. The van der Waals surface area contributed by atoms with E-state index in [1.54, 1.807) is 24.9 Å². The largest absolute Gasteiger partial charge is 0.472 e. The lowest BCUT2D eigenvalue weighted by molar-refractivity contribution is -0.120. The van der Waals surface area contributed by atoms with Crippen molar-refractivity contribution in [3.8, 4) is 0 Å². The second-order valence-corrected chi connectivity index (χ2v) is 6.22. The lowest BCUT2D eigenvalue weighted by Crippen LogP contribution is -2.40. The molecule has 0 spiro atoms. The molecule has 0 saturated carbocycles. The third-order valence-electron chi connectivity index (χ3n) is 4.26. The molecule has 5 nitrogen and oxygen atoms in total. The van der Waals surface area contributed by atoms with Gasteiger partial charge in [0.15, 0.2) is 0 Å². The van der Waals surface area contributed by atoms with Gasteiger partial charge in [-0.05, 0) is 43.0 Å². The fourth-order valence-corrected chi connectivity index (χ4v) is 3.11. The minimum atomic E-state index is 0.0740. The molecular formula is C18H23N3O2. The van der Waals surface area contributed by atoms with Crippen LogP contribution >= 0.6 is 0 Å². The standard InChI is InChI=1S/C18H23N3O2/c22-18(9-15-3-1-6-19-10-15)20-11-16-4-2-7-21(12-16)13-17-5-8-23-14-17/h1,3,5-6,8,10,14,16H,2,4,7,9,11-13H2,(H,20,22). The summed E-state index contributed by atoms with van der Waals surface area (Å²) in [4.78, 5) is 18.5. The molecule has 23 heavy (non-hydrogen) atoms. The molecule has 1 aliphatic heterocycles. The third kappa shape index (κ3) is 4.93. The van der Waals surface area contributed by atoms with Gasteiger partial charge in [0.05, 0.1) is 18.9 Å². The molecule has 1 fully saturated rings. The molecule has 3 heterocycles. The number of piperidine rings is 1. The van der Waals surface area contributed by atoms with E-state index in [2.05, 4.69) is 15.2 Å². The van der Waals surface area contributed by atoms with Crippen LogP contribution in [-0.4, -0.2) is 35.4 Å². The molecule has 0 bridgehead atoms. The molecule has 0 aromatic carbocycles. The molecule has 2 aromatic heterocycles. The van der Waals surface area contributed by atoms with Crippen LogP contribution in [0.25, 0.3) is 0 Å². The predicted octanol–water partition coefficient (Wildman–Crippen LogP) is 2.25. The fraction of sp³-hybridized carbons (Fsp3) is 0.444. The number of carbonyl (C=O) groups excluding carboxylic acids is 1. The van der Waals surface area contributed by atoms with E-state index in [1.165, 1.54) is 18.4 Å². The van der Waals surface area contributed by atoms with Crippen LogP contribution in [0.3, 0.4) is 0 Å². The number of nitrogens with one attached hydrogen (secondary N) is 1. The van der Waals surface area contributed by atoms with Gasteiger partial charge in [0.25, 0.3) is 0 Å². The predicted molar refractivity (Wildman–Crippen MR) is 87.7 cm³/mol. The summed E-state index contributed by atoms with van der Waals surface area (Å²) < 4.78 is 5.13. The number of aromatic nitrogens is 1. The Morgan fingerprint density at radius 3 is 3.13 bits per heavy atom. The minimum Gasteiger partial charge on any atom is -0.472 e. The molecule has 2 aromatic rings. The maximum Gasteiger partial charge on any atom is 0.224 e. The zero-order valence-corrected chi connectivity index (χ0v) is 13.3. The van der Waals surface area contributed by atoms with Crippen molar-refractivity contribution in [1.29, 1.82) is 0 Å². The van der Waals surface area contributed by atoms with Crippen molar-refractivity contribution in [2.24, 2.45) is 5.92 Å². The molecule has 1 saturated heterocycles. The van der Waals surface area contributed by atoms with Gasteiger partial charge in [-0.3, -0.25) is 14.7 Å². The number of carbonyl (C=O) groups is 1. The molecule has 3 rings (SSSR count). The van der Waals surface area contributed by atoms with E-state index >= 15 is 0 Å². The van der Waals surface area contributed by atoms with Gasteiger partial charge < -0.3 is 9.73 Å². The van der Waals surface area contributed by atoms with Crippen LogP contribution in [0.5, 0.6) is 0 Å². The van der Waals surface area contributed by atoms with Gasteiger partial charge in [-0.2, -0.15) is 0 Å². The van der Waals surface area contributed by atoms with Crippen molar-refractivity contribution in [2.75, 3.05) is 19.6 Å². The normalized spacial score (nSPS) is 18.7. The van der Waals surface area contributed by atoms with E-state index < -0.39 is 0 Å². The number of furan rings is 1. The van der Waals surface area contributed by atoms with Crippen molar-refractivity contribution in [3.63, 3.8) is 0 Å². The molecule has 1 unspecified atom stereocenters. The Kier molecular flexibility index (Phi) is 5.42. The van der Waals surface area contributed by atoms with Gasteiger partial charge in [-0.15, -0.1) is 0 Å². The van der Waals surface area contributed by atoms with Crippen LogP contribution < -0.4 is 5.32 Å². The third-order valence-corrected chi connectivity index (χ3v) is 4.26. The summed E-state index contributed by atoms with van der Waals surface area (Å²) in [6.45, 7) is 3.82. The van der Waals surface area contributed by atoms with Crippen molar-refractivity contribution in [3.05, 3.63) is 54.2 Å². The van der Waals surface area contributed by atoms with Crippen molar-refractivity contribution in [2.45, 2.75) is 25.8 Å². The monoisotopic (exact) mass is 313 g/mol. The highest BCUT2D eigenvalue weighted by atomic mass is 16.3. The highest BCUT2D eigenvalue weighted by Gasteiger charge is 2.20. The van der Waals surface area contributed by atoms with Crippen molar-refractivity contribution < 1.29 is 9.21 Å². The smallest absolute Gasteiger partial charge is 0.224 e. The molecule has 122 valence electrons. The van der Waals surface area contributed by atoms with Crippen LogP contribution in [0.2, 0.25) is 0 Å². The summed E-state index contributed by atoms with van der Waals surface area (Å²) in [5.74, 6) is 0.596. The van der Waals surface area contributed by atoms with E-state index in [0.29, 0.717) is 12.3 Å². The summed E-state index contributed by atoms with van der Waals surface area (Å²) >= 11 is 0. The highest BCUT2D eigenvalue weighted by molar-refractivity contribution is 5.78. The molecule has 1 aliphatic rings. The quantitative estimate of drug-likeness (QED) is 0.888. The molecule has 1 atom stereocenters. The zero-order valence-electron chi connectivity index (χ0n) is 13.3. The Morgan fingerprint density at radius 2 is 2.35 bits per heavy atom. The molecule has 1 N–H and O–H groups in total. The molecular weight excluding hydrogens is 290 g/mol. The number of likely N-dealkylation sites (tertiary alicyclic amines) is 1. The Balaban J connectivity index is 1.42. The number of nitrogens with zero attached hydrogens (tertiary/aromatic N) is 2. The first-order chi connectivity index (χ1) is 11.3. The van der Waals surface area contributed by atoms with Gasteiger partial charge in [-0.25, -0.2) is 0 Å². The summed E-state index contributed by atoms with van der Waals surface area (Å²) in [5, 5.41) is 3.07. The molecule has 0 aliphatic carbocycles. The van der Waals surface area contributed by atoms with Crippen LogP contribution in [0.15, 0.2) is 47.5 Å². The summed E-state index contributed by atoms with van der Waals surface area (Å²) in [6.07, 6.45) is 9.74. The van der Waals surface area contributed by atoms with Crippen LogP contribution in [-0.2, 0) is 17.8 Å². The summed E-state index contributed by atoms with van der Waals surface area (Å²) in [7, 11) is 0. The lowest BCUT2D eigenvalue weighted by atomic mass is 9.97. The van der Waals surface area contributed by atoms with Crippen molar-refractivity contribution in [1.82, 2.24) is 15.2 Å². The topological polar surface area (TPSA) is 58.4 Å². The molecule has 1 amide bonds.